The Morgan fingerprint density at radius 3 is 1.07 bits per heavy atom. The second-order valence-electron chi connectivity index (χ2n) is 13.1. The lowest BCUT2D eigenvalue weighted by atomic mass is 10.1. The van der Waals surface area contributed by atoms with Crippen LogP contribution < -0.4 is 16.0 Å². The lowest BCUT2D eigenvalue weighted by Gasteiger charge is -2.33. The normalized spacial score (nSPS) is 13.1. The average molecular weight is 634 g/mol. The molecule has 0 bridgehead atoms. The first-order valence-electron chi connectivity index (χ1n) is 19.2. The summed E-state index contributed by atoms with van der Waals surface area (Å²) in [7, 11) is 1.64. The van der Waals surface area contributed by atoms with Crippen LogP contribution >= 0.6 is 0 Å². The summed E-state index contributed by atoms with van der Waals surface area (Å²) in [6.07, 6.45) is 41.8. The fourth-order valence-electron chi connectivity index (χ4n) is 5.63. The summed E-state index contributed by atoms with van der Waals surface area (Å²) in [6, 6.07) is 0. The monoisotopic (exact) mass is 634 g/mol. The molecule has 0 aromatic rings. The Morgan fingerprint density at radius 1 is 0.489 bits per heavy atom. The summed E-state index contributed by atoms with van der Waals surface area (Å²) < 4.78 is 0. The second-order valence-corrected chi connectivity index (χ2v) is 13.1. The highest BCUT2D eigenvalue weighted by molar-refractivity contribution is 5.80. The molecule has 4 N–H and O–H groups in total. The minimum Gasteiger partial charge on any atom is -0.390 e. The van der Waals surface area contributed by atoms with Gasteiger partial charge in [-0.3, -0.25) is 14.9 Å². The number of rotatable bonds is 34. The summed E-state index contributed by atoms with van der Waals surface area (Å²) >= 11 is 0. The average Bonchev–Trinajstić information content (AvgIpc) is 3.04. The van der Waals surface area contributed by atoms with Gasteiger partial charge in [0.1, 0.15) is 0 Å². The Kier molecular flexibility index (Phi) is 32.5. The molecule has 0 saturated carbocycles. The predicted molar refractivity (Wildman–Crippen MR) is 194 cm³/mol. The third kappa shape index (κ3) is 29.5. The van der Waals surface area contributed by atoms with E-state index in [0.717, 1.165) is 51.4 Å². The number of nitrogens with one attached hydrogen (secondary N) is 3. The zero-order chi connectivity index (χ0) is 33.1. The van der Waals surface area contributed by atoms with Crippen molar-refractivity contribution >= 4 is 11.8 Å². The van der Waals surface area contributed by atoms with Gasteiger partial charge >= 0.3 is 0 Å². The first kappa shape index (κ1) is 43.3. The topological polar surface area (TPSA) is 90.5 Å². The molecule has 0 fully saturated rings. The molecule has 0 rings (SSSR count). The van der Waals surface area contributed by atoms with Crippen LogP contribution in [0.2, 0.25) is 0 Å². The van der Waals surface area contributed by atoms with Gasteiger partial charge in [0.05, 0.1) is 6.61 Å². The molecule has 6 nitrogen and oxygen atoms in total. The van der Waals surface area contributed by atoms with E-state index in [2.05, 4.69) is 54.1 Å². The fraction of sp³-hybridized carbons (Fsp3) is 0.846. The van der Waals surface area contributed by atoms with E-state index in [4.69, 9.17) is 0 Å². The maximum atomic E-state index is 12.6. The summed E-state index contributed by atoms with van der Waals surface area (Å²) in [5, 5.41) is 18.5. The number of carbonyl (C=O) groups is 2. The molecule has 6 heteroatoms. The standard InChI is InChI=1S/C39H75N3O3/c1-4-6-8-10-12-14-16-18-20-22-24-26-28-30-32-34-37(44)41-39(36-43,40-3)42-38(45)35-33-31-29-27-25-23-21-19-17-15-13-11-9-7-5-2/h18-21,40,43H,4-17,22-36H2,1-3H3,(H,41,44)(H,42,45). The van der Waals surface area contributed by atoms with Crippen LogP contribution in [0.3, 0.4) is 0 Å². The van der Waals surface area contributed by atoms with E-state index in [9.17, 15) is 14.7 Å². The third-order valence-electron chi connectivity index (χ3n) is 8.70. The highest BCUT2D eigenvalue weighted by atomic mass is 16.3. The van der Waals surface area contributed by atoms with Crippen LogP contribution in [0.4, 0.5) is 0 Å². The minimum absolute atomic E-state index is 0.155. The highest BCUT2D eigenvalue weighted by Crippen LogP contribution is 2.12. The quantitative estimate of drug-likeness (QED) is 0.0322. The predicted octanol–water partition coefficient (Wildman–Crippen LogP) is 10.2. The van der Waals surface area contributed by atoms with Crippen LogP contribution in [0.1, 0.15) is 194 Å². The molecule has 0 aliphatic heterocycles. The molecular formula is C39H75N3O3. The molecule has 0 aromatic carbocycles. The van der Waals surface area contributed by atoms with Crippen LogP contribution in [0.5, 0.6) is 0 Å². The number of unbranched alkanes of at least 4 members (excludes halogenated alkanes) is 22. The summed E-state index contributed by atoms with van der Waals surface area (Å²) in [6.45, 7) is 4.12. The van der Waals surface area contributed by atoms with Crippen LogP contribution in [0, 0.1) is 0 Å². The van der Waals surface area contributed by atoms with Crippen molar-refractivity contribution in [2.24, 2.45) is 0 Å². The maximum Gasteiger partial charge on any atom is 0.222 e. The van der Waals surface area contributed by atoms with E-state index in [1.165, 1.54) is 116 Å². The minimum atomic E-state index is -1.31. The Hall–Kier alpha value is -1.66. The van der Waals surface area contributed by atoms with Crippen molar-refractivity contribution in [1.29, 1.82) is 0 Å². The molecule has 0 aromatic heterocycles. The van der Waals surface area contributed by atoms with E-state index in [-0.39, 0.29) is 11.8 Å². The molecule has 0 heterocycles. The first-order valence-corrected chi connectivity index (χ1v) is 19.2. The van der Waals surface area contributed by atoms with Crippen LogP contribution in [0.25, 0.3) is 0 Å². The van der Waals surface area contributed by atoms with E-state index < -0.39 is 12.4 Å². The van der Waals surface area contributed by atoms with Gasteiger partial charge in [0.25, 0.3) is 0 Å². The molecule has 0 spiro atoms. The molecule has 2 amide bonds. The summed E-state index contributed by atoms with van der Waals surface area (Å²) in [5.41, 5.74) is 0. The molecule has 264 valence electrons. The van der Waals surface area contributed by atoms with E-state index in [0.29, 0.717) is 12.8 Å². The molecule has 0 saturated heterocycles. The van der Waals surface area contributed by atoms with Crippen LogP contribution in [-0.4, -0.2) is 36.4 Å². The Bertz CT molecular complexity index is 662. The lowest BCUT2D eigenvalue weighted by Crippen LogP contribution is -2.70. The van der Waals surface area contributed by atoms with Crippen molar-refractivity contribution in [3.05, 3.63) is 24.3 Å². The number of aliphatic hydroxyl groups is 1. The number of carbonyl (C=O) groups excluding carboxylic acids is 2. The second kappa shape index (κ2) is 33.7. The number of allylic oxidation sites excluding steroid dienone is 4. The van der Waals surface area contributed by atoms with Gasteiger partial charge in [-0.2, -0.15) is 0 Å². The van der Waals surface area contributed by atoms with Gasteiger partial charge in [0.2, 0.25) is 11.8 Å². The van der Waals surface area contributed by atoms with Crippen molar-refractivity contribution in [2.45, 2.75) is 199 Å². The Balaban J connectivity index is 3.85. The van der Waals surface area contributed by atoms with Crippen molar-refractivity contribution in [3.8, 4) is 0 Å². The van der Waals surface area contributed by atoms with Crippen molar-refractivity contribution in [2.75, 3.05) is 13.7 Å². The van der Waals surface area contributed by atoms with Gasteiger partial charge in [0, 0.05) is 12.8 Å². The van der Waals surface area contributed by atoms with Gasteiger partial charge in [-0.15, -0.1) is 0 Å². The molecular weight excluding hydrogens is 558 g/mol. The van der Waals surface area contributed by atoms with Gasteiger partial charge in [-0.25, -0.2) is 0 Å². The number of amides is 2. The van der Waals surface area contributed by atoms with Gasteiger partial charge in [0.15, 0.2) is 5.79 Å². The van der Waals surface area contributed by atoms with Gasteiger partial charge < -0.3 is 15.7 Å². The van der Waals surface area contributed by atoms with E-state index in [1.54, 1.807) is 7.05 Å². The molecule has 0 aliphatic carbocycles. The van der Waals surface area contributed by atoms with Crippen LogP contribution in [0.15, 0.2) is 24.3 Å². The van der Waals surface area contributed by atoms with E-state index in [1.807, 2.05) is 0 Å². The number of likely N-dealkylation sites (N-methyl/N-ethyl adjacent to an activating group) is 1. The zero-order valence-electron chi connectivity index (χ0n) is 30.1. The molecule has 45 heavy (non-hydrogen) atoms. The SMILES string of the molecule is CCCCCCCCC=CCCCCCCCC(=O)NC(CO)(NC)NC(=O)CCCCCCCC=CCCCCCCCC. The Morgan fingerprint density at radius 2 is 0.778 bits per heavy atom. The van der Waals surface area contributed by atoms with Crippen molar-refractivity contribution < 1.29 is 14.7 Å². The number of hydrogen-bond acceptors (Lipinski definition) is 4. The van der Waals surface area contributed by atoms with Crippen LogP contribution in [-0.2, 0) is 9.59 Å². The molecule has 0 radical (unpaired) electrons. The van der Waals surface area contributed by atoms with E-state index >= 15 is 0 Å². The Labute approximate surface area is 279 Å². The highest BCUT2D eigenvalue weighted by Gasteiger charge is 2.30. The molecule has 0 aliphatic rings. The van der Waals surface area contributed by atoms with Gasteiger partial charge in [-0.1, -0.05) is 141 Å². The molecule has 0 unspecified atom stereocenters. The fourth-order valence-corrected chi connectivity index (χ4v) is 5.63. The summed E-state index contributed by atoms with van der Waals surface area (Å²) in [5.74, 6) is -1.62. The number of aliphatic hydroxyl groups excluding tert-OH is 1. The number of hydrogen-bond donors (Lipinski definition) is 4. The van der Waals surface area contributed by atoms with Crippen molar-refractivity contribution in [3.63, 3.8) is 0 Å². The third-order valence-corrected chi connectivity index (χ3v) is 8.70. The smallest absolute Gasteiger partial charge is 0.222 e. The largest absolute Gasteiger partial charge is 0.390 e. The maximum absolute atomic E-state index is 12.6. The lowest BCUT2D eigenvalue weighted by molar-refractivity contribution is -0.129. The van der Waals surface area contributed by atoms with Crippen molar-refractivity contribution in [1.82, 2.24) is 16.0 Å². The zero-order valence-corrected chi connectivity index (χ0v) is 30.1. The van der Waals surface area contributed by atoms with Gasteiger partial charge in [-0.05, 0) is 71.3 Å². The summed E-state index contributed by atoms with van der Waals surface area (Å²) in [4.78, 5) is 25.1. The molecule has 0 atom stereocenters. The first-order chi connectivity index (χ1) is 22.0.